The van der Waals surface area contributed by atoms with E-state index in [1.807, 2.05) is 0 Å². The fourth-order valence-electron chi connectivity index (χ4n) is 1.69. The van der Waals surface area contributed by atoms with Crippen molar-refractivity contribution < 1.29 is 18.3 Å². The Morgan fingerprint density at radius 3 is 2.42 bits per heavy atom. The van der Waals surface area contributed by atoms with Crippen LogP contribution in [0.15, 0.2) is 30.3 Å². The molecule has 0 bridgehead atoms. The van der Waals surface area contributed by atoms with Gasteiger partial charge in [-0.3, -0.25) is 0 Å². The molecule has 1 aromatic heterocycles. The maximum Gasteiger partial charge on any atom is 0.427 e. The van der Waals surface area contributed by atoms with Crippen molar-refractivity contribution >= 4 is 11.3 Å². The number of benzene rings is 1. The number of aryl methyl sites for hydroxylation is 1. The van der Waals surface area contributed by atoms with E-state index < -0.39 is 11.1 Å². The first-order chi connectivity index (χ1) is 9.02. The molecule has 0 amide bonds. The summed E-state index contributed by atoms with van der Waals surface area (Å²) in [5.41, 5.74) is 0.693. The highest BCUT2D eigenvalue weighted by Gasteiger charge is 2.36. The fraction of sp³-hybridized carbons (Fsp3) is 0.308. The van der Waals surface area contributed by atoms with Crippen molar-refractivity contribution in [2.75, 3.05) is 6.61 Å². The number of aromatic nitrogens is 1. The van der Waals surface area contributed by atoms with Gasteiger partial charge in [0.15, 0.2) is 0 Å². The van der Waals surface area contributed by atoms with Crippen molar-refractivity contribution in [3.05, 3.63) is 40.9 Å². The van der Waals surface area contributed by atoms with Crippen LogP contribution in [0.4, 0.5) is 13.2 Å². The standard InChI is InChI=1S/C13H12F3NOS/c14-13(15,16)11-10(7-4-8-18)17-12(19-11)9-5-2-1-3-6-9/h1-3,5-6,18H,4,7-8H2. The van der Waals surface area contributed by atoms with Crippen LogP contribution in [0.3, 0.4) is 0 Å². The Labute approximate surface area is 112 Å². The predicted molar refractivity (Wildman–Crippen MR) is 68.0 cm³/mol. The fourth-order valence-corrected chi connectivity index (χ4v) is 2.68. The Balaban J connectivity index is 2.40. The average Bonchev–Trinajstić information content (AvgIpc) is 2.81. The summed E-state index contributed by atoms with van der Waals surface area (Å²) < 4.78 is 38.7. The maximum absolute atomic E-state index is 12.9. The molecule has 0 unspecified atom stereocenters. The molecule has 0 saturated carbocycles. The quantitative estimate of drug-likeness (QED) is 0.929. The molecule has 2 rings (SSSR count). The van der Waals surface area contributed by atoms with Gasteiger partial charge in [-0.25, -0.2) is 4.98 Å². The van der Waals surface area contributed by atoms with Crippen LogP contribution in [-0.4, -0.2) is 16.7 Å². The Morgan fingerprint density at radius 2 is 1.84 bits per heavy atom. The highest BCUT2D eigenvalue weighted by atomic mass is 32.1. The van der Waals surface area contributed by atoms with Crippen LogP contribution in [0.5, 0.6) is 0 Å². The number of rotatable bonds is 4. The summed E-state index contributed by atoms with van der Waals surface area (Å²) >= 11 is 0.652. The molecule has 2 nitrogen and oxygen atoms in total. The summed E-state index contributed by atoms with van der Waals surface area (Å²) in [5.74, 6) is 0. The van der Waals surface area contributed by atoms with Gasteiger partial charge in [0.25, 0.3) is 0 Å². The first-order valence-corrected chi connectivity index (χ1v) is 6.57. The Morgan fingerprint density at radius 1 is 1.16 bits per heavy atom. The van der Waals surface area contributed by atoms with Crippen molar-refractivity contribution in [3.8, 4) is 10.6 Å². The number of halogens is 3. The lowest BCUT2D eigenvalue weighted by molar-refractivity contribution is -0.135. The topological polar surface area (TPSA) is 33.1 Å². The molecule has 2 aromatic rings. The van der Waals surface area contributed by atoms with Gasteiger partial charge in [-0.15, -0.1) is 11.3 Å². The van der Waals surface area contributed by atoms with Crippen LogP contribution in [-0.2, 0) is 12.6 Å². The molecule has 0 aliphatic rings. The molecular weight excluding hydrogens is 275 g/mol. The van der Waals surface area contributed by atoms with E-state index in [-0.39, 0.29) is 25.1 Å². The molecule has 0 radical (unpaired) electrons. The number of alkyl halides is 3. The summed E-state index contributed by atoms with van der Waals surface area (Å²) in [5, 5.41) is 9.10. The third-order valence-corrected chi connectivity index (χ3v) is 3.74. The zero-order valence-electron chi connectivity index (χ0n) is 9.94. The largest absolute Gasteiger partial charge is 0.427 e. The third kappa shape index (κ3) is 3.33. The van der Waals surface area contributed by atoms with Crippen LogP contribution < -0.4 is 0 Å². The van der Waals surface area contributed by atoms with E-state index in [1.54, 1.807) is 30.3 Å². The average molecular weight is 287 g/mol. The lowest BCUT2D eigenvalue weighted by Gasteiger charge is -2.04. The number of aliphatic hydroxyl groups is 1. The highest BCUT2D eigenvalue weighted by molar-refractivity contribution is 7.15. The smallest absolute Gasteiger partial charge is 0.396 e. The van der Waals surface area contributed by atoms with Gasteiger partial charge in [0.1, 0.15) is 9.88 Å². The molecular formula is C13H12F3NOS. The zero-order valence-corrected chi connectivity index (χ0v) is 10.8. The van der Waals surface area contributed by atoms with E-state index in [1.165, 1.54) is 0 Å². The Kier molecular flexibility index (Phi) is 4.21. The van der Waals surface area contributed by atoms with E-state index >= 15 is 0 Å². The molecule has 102 valence electrons. The summed E-state index contributed by atoms with van der Waals surface area (Å²) in [6.07, 6.45) is -3.98. The molecule has 6 heteroatoms. The van der Waals surface area contributed by atoms with Gasteiger partial charge >= 0.3 is 6.18 Å². The predicted octanol–water partition coefficient (Wildman–Crippen LogP) is 3.75. The molecule has 0 fully saturated rings. The third-order valence-electron chi connectivity index (χ3n) is 2.55. The van der Waals surface area contributed by atoms with Crippen LogP contribution in [0.1, 0.15) is 17.0 Å². The van der Waals surface area contributed by atoms with Gasteiger partial charge in [0.2, 0.25) is 0 Å². The SMILES string of the molecule is OCCCc1nc(-c2ccccc2)sc1C(F)(F)F. The number of hydrogen-bond donors (Lipinski definition) is 1. The second-order valence-electron chi connectivity index (χ2n) is 3.99. The van der Waals surface area contributed by atoms with Crippen molar-refractivity contribution in [2.24, 2.45) is 0 Å². The first kappa shape index (κ1) is 14.0. The van der Waals surface area contributed by atoms with Gasteiger partial charge in [-0.05, 0) is 12.8 Å². The van der Waals surface area contributed by atoms with Crippen LogP contribution in [0.25, 0.3) is 10.6 Å². The van der Waals surface area contributed by atoms with E-state index in [4.69, 9.17) is 5.11 Å². The first-order valence-electron chi connectivity index (χ1n) is 5.75. The van der Waals surface area contributed by atoms with Crippen LogP contribution >= 0.6 is 11.3 Å². The van der Waals surface area contributed by atoms with Gasteiger partial charge in [0, 0.05) is 12.2 Å². The Hall–Kier alpha value is -1.40. The molecule has 0 aliphatic heterocycles. The number of thiazole rings is 1. The van der Waals surface area contributed by atoms with Gasteiger partial charge in [-0.1, -0.05) is 30.3 Å². The number of aliphatic hydroxyl groups excluding tert-OH is 1. The molecule has 1 N–H and O–H groups in total. The number of nitrogens with zero attached hydrogens (tertiary/aromatic N) is 1. The molecule has 1 aromatic carbocycles. The van der Waals surface area contributed by atoms with Crippen molar-refractivity contribution in [1.82, 2.24) is 4.98 Å². The van der Waals surface area contributed by atoms with Crippen LogP contribution in [0.2, 0.25) is 0 Å². The Bertz CT molecular complexity index is 537. The van der Waals surface area contributed by atoms with Gasteiger partial charge < -0.3 is 5.11 Å². The van der Waals surface area contributed by atoms with E-state index in [2.05, 4.69) is 4.98 Å². The minimum absolute atomic E-state index is 0.0189. The van der Waals surface area contributed by atoms with Crippen LogP contribution in [0, 0.1) is 0 Å². The second-order valence-corrected chi connectivity index (χ2v) is 4.98. The second kappa shape index (κ2) is 5.71. The van der Waals surface area contributed by atoms with Gasteiger partial charge in [0.05, 0.1) is 5.69 Å². The summed E-state index contributed by atoms with van der Waals surface area (Å²) in [6.45, 7) is -0.143. The van der Waals surface area contributed by atoms with E-state index in [0.29, 0.717) is 21.9 Å². The highest BCUT2D eigenvalue weighted by Crippen LogP contribution is 2.39. The lowest BCUT2D eigenvalue weighted by Crippen LogP contribution is -2.06. The summed E-state index contributed by atoms with van der Waals surface area (Å²) in [6, 6.07) is 8.78. The lowest BCUT2D eigenvalue weighted by atomic mass is 10.2. The van der Waals surface area contributed by atoms with Crippen molar-refractivity contribution in [3.63, 3.8) is 0 Å². The summed E-state index contributed by atoms with van der Waals surface area (Å²) in [4.78, 5) is 3.40. The molecule has 0 saturated heterocycles. The molecule has 0 aliphatic carbocycles. The molecule has 1 heterocycles. The minimum atomic E-state index is -4.39. The van der Waals surface area contributed by atoms with Crippen molar-refractivity contribution in [1.29, 1.82) is 0 Å². The van der Waals surface area contributed by atoms with E-state index in [9.17, 15) is 13.2 Å². The monoisotopic (exact) mass is 287 g/mol. The van der Waals surface area contributed by atoms with Crippen molar-refractivity contribution in [2.45, 2.75) is 19.0 Å². The summed E-state index contributed by atoms with van der Waals surface area (Å²) in [7, 11) is 0. The minimum Gasteiger partial charge on any atom is -0.396 e. The molecule has 19 heavy (non-hydrogen) atoms. The number of hydrogen-bond acceptors (Lipinski definition) is 3. The maximum atomic E-state index is 12.9. The molecule has 0 atom stereocenters. The van der Waals surface area contributed by atoms with E-state index in [0.717, 1.165) is 0 Å². The molecule has 0 spiro atoms. The normalized spacial score (nSPS) is 11.8. The van der Waals surface area contributed by atoms with Gasteiger partial charge in [-0.2, -0.15) is 13.2 Å². The zero-order chi connectivity index (χ0) is 13.9.